The Bertz CT molecular complexity index is 1030. The van der Waals surface area contributed by atoms with Crippen LogP contribution in [0.25, 0.3) is 11.0 Å². The average molecular weight is 382 g/mol. The van der Waals surface area contributed by atoms with Crippen molar-refractivity contribution in [3.05, 3.63) is 66.0 Å². The molecule has 138 valence electrons. The van der Waals surface area contributed by atoms with Gasteiger partial charge in [-0.25, -0.2) is 4.98 Å². The highest BCUT2D eigenvalue weighted by atomic mass is 35.5. The summed E-state index contributed by atoms with van der Waals surface area (Å²) in [7, 11) is 1.59. The molecule has 3 aromatic rings. The molecule has 1 atom stereocenters. The molecule has 6 heteroatoms. The number of imidazole rings is 1. The highest BCUT2D eigenvalue weighted by Gasteiger charge is 2.36. The molecule has 4 rings (SSSR count). The quantitative estimate of drug-likeness (QED) is 0.615. The number of ether oxygens (including phenoxy) is 1. The number of halogens is 1. The van der Waals surface area contributed by atoms with Gasteiger partial charge in [0.1, 0.15) is 11.6 Å². The fraction of sp³-hybridized carbons (Fsp3) is 0.238. The lowest BCUT2D eigenvalue weighted by molar-refractivity contribution is -0.117. The fourth-order valence-electron chi connectivity index (χ4n) is 3.71. The molecule has 2 aromatic carbocycles. The molecule has 0 saturated carbocycles. The summed E-state index contributed by atoms with van der Waals surface area (Å²) in [5.41, 5.74) is 2.68. The Hall–Kier alpha value is -2.79. The lowest BCUT2D eigenvalue weighted by atomic mass is 10.1. The highest BCUT2D eigenvalue weighted by Crippen LogP contribution is 2.38. The van der Waals surface area contributed by atoms with Crippen LogP contribution in [0, 0.1) is 0 Å². The van der Waals surface area contributed by atoms with Gasteiger partial charge in [-0.05, 0) is 30.3 Å². The number of aromatic nitrogens is 2. The Labute approximate surface area is 162 Å². The molecule has 0 radical (unpaired) electrons. The Balaban J connectivity index is 1.73. The van der Waals surface area contributed by atoms with Gasteiger partial charge in [-0.15, -0.1) is 6.58 Å². The van der Waals surface area contributed by atoms with E-state index in [0.717, 1.165) is 16.9 Å². The van der Waals surface area contributed by atoms with Crippen LogP contribution in [0.15, 0.2) is 55.1 Å². The van der Waals surface area contributed by atoms with E-state index >= 15 is 0 Å². The minimum atomic E-state index is -0.00598. The third-order valence-corrected chi connectivity index (χ3v) is 5.15. The molecule has 0 N–H and O–H groups in total. The minimum absolute atomic E-state index is 0.00598. The molecule has 1 amide bonds. The summed E-state index contributed by atoms with van der Waals surface area (Å²) in [6, 6.07) is 13.3. The number of fused-ring (bicyclic) bond motifs is 1. The van der Waals surface area contributed by atoms with E-state index in [9.17, 15) is 4.79 Å². The second-order valence-corrected chi connectivity index (χ2v) is 7.02. The van der Waals surface area contributed by atoms with Crippen molar-refractivity contribution in [3.8, 4) is 5.75 Å². The van der Waals surface area contributed by atoms with Gasteiger partial charge in [0, 0.05) is 30.5 Å². The van der Waals surface area contributed by atoms with Gasteiger partial charge in [0.2, 0.25) is 5.91 Å². The van der Waals surface area contributed by atoms with Crippen molar-refractivity contribution in [2.75, 3.05) is 18.6 Å². The van der Waals surface area contributed by atoms with Crippen molar-refractivity contribution in [3.63, 3.8) is 0 Å². The molecule has 1 saturated heterocycles. The van der Waals surface area contributed by atoms with Gasteiger partial charge in [0.05, 0.1) is 23.8 Å². The maximum Gasteiger partial charge on any atom is 0.227 e. The Kier molecular flexibility index (Phi) is 4.62. The first-order chi connectivity index (χ1) is 13.1. The first kappa shape index (κ1) is 17.6. The minimum Gasteiger partial charge on any atom is -0.495 e. The van der Waals surface area contributed by atoms with Crippen LogP contribution >= 0.6 is 11.6 Å². The van der Waals surface area contributed by atoms with E-state index in [1.54, 1.807) is 30.2 Å². The van der Waals surface area contributed by atoms with Crippen molar-refractivity contribution in [2.45, 2.75) is 18.9 Å². The normalized spacial score (nSPS) is 16.9. The number of amides is 1. The SMILES string of the molecule is C=CCn1c([C@H]2CC(=O)N(c3cc(Cl)ccc3OC)C2)nc2ccccc21. The molecular weight excluding hydrogens is 362 g/mol. The molecule has 1 aliphatic rings. The van der Waals surface area contributed by atoms with Crippen LogP contribution in [0.1, 0.15) is 18.2 Å². The summed E-state index contributed by atoms with van der Waals surface area (Å²) in [5.74, 6) is 1.58. The summed E-state index contributed by atoms with van der Waals surface area (Å²) >= 11 is 6.15. The van der Waals surface area contributed by atoms with Crippen molar-refractivity contribution >= 4 is 34.2 Å². The molecule has 0 aliphatic carbocycles. The van der Waals surface area contributed by atoms with Crippen molar-refractivity contribution in [2.24, 2.45) is 0 Å². The number of carbonyl (C=O) groups is 1. The summed E-state index contributed by atoms with van der Waals surface area (Å²) in [4.78, 5) is 19.4. The number of para-hydroxylation sites is 2. The molecule has 2 heterocycles. The predicted octanol–water partition coefficient (Wildman–Crippen LogP) is 4.40. The van der Waals surface area contributed by atoms with E-state index in [-0.39, 0.29) is 11.8 Å². The van der Waals surface area contributed by atoms with E-state index < -0.39 is 0 Å². The Morgan fingerprint density at radius 3 is 2.93 bits per heavy atom. The first-order valence-corrected chi connectivity index (χ1v) is 9.20. The average Bonchev–Trinajstić information content (AvgIpc) is 3.23. The largest absolute Gasteiger partial charge is 0.495 e. The number of allylic oxidation sites excluding steroid dienone is 1. The van der Waals surface area contributed by atoms with Gasteiger partial charge >= 0.3 is 0 Å². The molecule has 1 fully saturated rings. The smallest absolute Gasteiger partial charge is 0.227 e. The number of hydrogen-bond acceptors (Lipinski definition) is 3. The molecule has 27 heavy (non-hydrogen) atoms. The molecule has 1 aliphatic heterocycles. The molecule has 0 bridgehead atoms. The van der Waals surface area contributed by atoms with Gasteiger partial charge in [-0.1, -0.05) is 29.8 Å². The number of rotatable bonds is 5. The van der Waals surface area contributed by atoms with Crippen LogP contribution in [-0.4, -0.2) is 29.1 Å². The number of carbonyl (C=O) groups excluding carboxylic acids is 1. The zero-order valence-corrected chi connectivity index (χ0v) is 15.8. The summed E-state index contributed by atoms with van der Waals surface area (Å²) in [5, 5.41) is 0.570. The van der Waals surface area contributed by atoms with Crippen LogP contribution < -0.4 is 9.64 Å². The van der Waals surface area contributed by atoms with Crippen LogP contribution in [0.5, 0.6) is 5.75 Å². The maximum absolute atomic E-state index is 12.8. The summed E-state index contributed by atoms with van der Waals surface area (Å²) in [6.45, 7) is 5.05. The third-order valence-electron chi connectivity index (χ3n) is 4.92. The van der Waals surface area contributed by atoms with Gasteiger partial charge in [0.15, 0.2) is 0 Å². The summed E-state index contributed by atoms with van der Waals surface area (Å²) in [6.07, 6.45) is 2.25. The van der Waals surface area contributed by atoms with E-state index in [2.05, 4.69) is 11.1 Å². The molecular formula is C21H20ClN3O2. The van der Waals surface area contributed by atoms with E-state index in [0.29, 0.717) is 36.0 Å². The first-order valence-electron chi connectivity index (χ1n) is 8.82. The van der Waals surface area contributed by atoms with Crippen molar-refractivity contribution in [1.29, 1.82) is 0 Å². The standard InChI is InChI=1S/C21H20ClN3O2/c1-3-10-24-17-7-5-4-6-16(17)23-21(24)14-11-20(26)25(13-14)18-12-15(22)8-9-19(18)27-2/h3-9,12,14H,1,10-11,13H2,2H3/t14-/m0/s1. The number of methoxy groups -OCH3 is 1. The fourth-order valence-corrected chi connectivity index (χ4v) is 3.88. The number of benzene rings is 2. The number of hydrogen-bond donors (Lipinski definition) is 0. The lowest BCUT2D eigenvalue weighted by Crippen LogP contribution is -2.25. The molecule has 0 unspecified atom stereocenters. The molecule has 5 nitrogen and oxygen atoms in total. The lowest BCUT2D eigenvalue weighted by Gasteiger charge is -2.20. The second-order valence-electron chi connectivity index (χ2n) is 6.58. The van der Waals surface area contributed by atoms with Crippen LogP contribution in [-0.2, 0) is 11.3 Å². The van der Waals surface area contributed by atoms with Gasteiger partial charge in [-0.3, -0.25) is 4.79 Å². The van der Waals surface area contributed by atoms with Crippen molar-refractivity contribution in [1.82, 2.24) is 9.55 Å². The summed E-state index contributed by atoms with van der Waals surface area (Å²) < 4.78 is 7.56. The Morgan fingerprint density at radius 1 is 1.33 bits per heavy atom. The zero-order chi connectivity index (χ0) is 19.0. The predicted molar refractivity (Wildman–Crippen MR) is 108 cm³/mol. The Morgan fingerprint density at radius 2 is 2.15 bits per heavy atom. The zero-order valence-electron chi connectivity index (χ0n) is 15.1. The van der Waals surface area contributed by atoms with Crippen LogP contribution in [0.3, 0.4) is 0 Å². The third kappa shape index (κ3) is 3.08. The van der Waals surface area contributed by atoms with E-state index in [1.807, 2.05) is 30.3 Å². The maximum atomic E-state index is 12.8. The molecule has 1 aromatic heterocycles. The highest BCUT2D eigenvalue weighted by molar-refractivity contribution is 6.31. The monoisotopic (exact) mass is 381 g/mol. The van der Waals surface area contributed by atoms with Crippen LogP contribution in [0.2, 0.25) is 5.02 Å². The number of nitrogens with zero attached hydrogens (tertiary/aromatic N) is 3. The van der Waals surface area contributed by atoms with E-state index in [4.69, 9.17) is 21.3 Å². The van der Waals surface area contributed by atoms with Gasteiger partial charge in [0.25, 0.3) is 0 Å². The van der Waals surface area contributed by atoms with Gasteiger partial charge in [-0.2, -0.15) is 0 Å². The second kappa shape index (κ2) is 7.08. The topological polar surface area (TPSA) is 47.4 Å². The van der Waals surface area contributed by atoms with E-state index in [1.165, 1.54) is 0 Å². The number of anilines is 1. The van der Waals surface area contributed by atoms with Crippen LogP contribution in [0.4, 0.5) is 5.69 Å². The van der Waals surface area contributed by atoms with Crippen molar-refractivity contribution < 1.29 is 9.53 Å². The molecule has 0 spiro atoms. The van der Waals surface area contributed by atoms with Gasteiger partial charge < -0.3 is 14.2 Å².